The van der Waals surface area contributed by atoms with Crippen molar-refractivity contribution in [2.75, 3.05) is 7.11 Å². The normalized spacial score (nSPS) is 12.3. The van der Waals surface area contributed by atoms with Gasteiger partial charge < -0.3 is 9.15 Å². The highest BCUT2D eigenvalue weighted by Gasteiger charge is 2.24. The van der Waals surface area contributed by atoms with Crippen LogP contribution in [0.3, 0.4) is 0 Å². The summed E-state index contributed by atoms with van der Waals surface area (Å²) in [5.74, 6) is 0.512. The first kappa shape index (κ1) is 13.3. The van der Waals surface area contributed by atoms with E-state index in [1.165, 1.54) is 18.2 Å². The van der Waals surface area contributed by atoms with Crippen molar-refractivity contribution in [3.63, 3.8) is 0 Å². The van der Waals surface area contributed by atoms with Gasteiger partial charge in [0.15, 0.2) is 11.8 Å². The molecule has 0 aliphatic rings. The Labute approximate surface area is 110 Å². The first-order chi connectivity index (χ1) is 9.26. The summed E-state index contributed by atoms with van der Waals surface area (Å²) in [7, 11) is 1.35. The Kier molecular flexibility index (Phi) is 4.27. The van der Waals surface area contributed by atoms with Crippen molar-refractivity contribution >= 4 is 5.97 Å². The minimum atomic E-state index is -0.541. The Morgan fingerprint density at radius 2 is 2.42 bits per heavy atom. The Balaban J connectivity index is 2.20. The van der Waals surface area contributed by atoms with Gasteiger partial charge in [-0.15, -0.1) is 15.0 Å². The van der Waals surface area contributed by atoms with Crippen LogP contribution in [0, 0.1) is 0 Å². The number of hydrogen-bond donors (Lipinski definition) is 0. The molecule has 2 rings (SSSR count). The van der Waals surface area contributed by atoms with Gasteiger partial charge in [-0.3, -0.25) is 0 Å². The molecule has 0 radical (unpaired) electrons. The number of carbonyl (C=O) groups excluding carboxylic acids is 1. The molecule has 19 heavy (non-hydrogen) atoms. The number of furan rings is 1. The summed E-state index contributed by atoms with van der Waals surface area (Å²) in [4.78, 5) is 13.0. The lowest BCUT2D eigenvalue weighted by Crippen LogP contribution is -2.23. The summed E-state index contributed by atoms with van der Waals surface area (Å²) < 4.78 is 9.96. The minimum Gasteiger partial charge on any atom is -0.467 e. The second kappa shape index (κ2) is 6.12. The third-order valence-electron chi connectivity index (χ3n) is 2.75. The molecule has 2 aromatic rings. The zero-order valence-corrected chi connectivity index (χ0v) is 10.9. The highest BCUT2D eigenvalue weighted by atomic mass is 16.5. The van der Waals surface area contributed by atoms with Crippen LogP contribution in [0.1, 0.15) is 32.2 Å². The molecule has 0 aromatic carbocycles. The molecule has 0 bridgehead atoms. The van der Waals surface area contributed by atoms with Crippen molar-refractivity contribution in [3.8, 4) is 11.6 Å². The van der Waals surface area contributed by atoms with Gasteiger partial charge in [0.2, 0.25) is 5.82 Å². The number of rotatable bonds is 6. The molecule has 0 aliphatic heterocycles. The molecule has 0 saturated carbocycles. The number of hydrogen-bond acceptors (Lipinski definition) is 6. The Morgan fingerprint density at radius 1 is 1.58 bits per heavy atom. The lowest BCUT2D eigenvalue weighted by atomic mass is 10.1. The van der Waals surface area contributed by atoms with Crippen molar-refractivity contribution in [3.05, 3.63) is 18.4 Å². The van der Waals surface area contributed by atoms with E-state index in [9.17, 15) is 4.79 Å². The van der Waals surface area contributed by atoms with Gasteiger partial charge >= 0.3 is 5.97 Å². The van der Waals surface area contributed by atoms with Crippen molar-refractivity contribution in [1.29, 1.82) is 0 Å². The third-order valence-corrected chi connectivity index (χ3v) is 2.75. The third kappa shape index (κ3) is 2.98. The second-order valence-electron chi connectivity index (χ2n) is 4.09. The number of ether oxygens (including phenoxy) is 1. The highest BCUT2D eigenvalue weighted by molar-refractivity contribution is 5.73. The summed E-state index contributed by atoms with van der Waals surface area (Å²) in [6.07, 6.45) is 4.02. The summed E-state index contributed by atoms with van der Waals surface area (Å²) in [6, 6.07) is 2.94. The molecule has 0 aliphatic carbocycles. The molecule has 1 unspecified atom stereocenters. The zero-order chi connectivity index (χ0) is 13.7. The first-order valence-electron chi connectivity index (χ1n) is 6.17. The van der Waals surface area contributed by atoms with Gasteiger partial charge in [0.1, 0.15) is 0 Å². The molecule has 2 aromatic heterocycles. The topological polar surface area (TPSA) is 83.0 Å². The molecule has 102 valence electrons. The van der Waals surface area contributed by atoms with Crippen molar-refractivity contribution in [1.82, 2.24) is 20.2 Å². The maximum atomic E-state index is 11.7. The van der Waals surface area contributed by atoms with Crippen LogP contribution in [0.25, 0.3) is 11.6 Å². The SMILES string of the molecule is CCCCC(C(=O)OC)n1nnc(-c2ccco2)n1. The fourth-order valence-corrected chi connectivity index (χ4v) is 1.72. The summed E-state index contributed by atoms with van der Waals surface area (Å²) in [5, 5.41) is 12.0. The first-order valence-corrected chi connectivity index (χ1v) is 6.17. The number of nitrogens with zero attached hydrogens (tertiary/aromatic N) is 4. The molecular weight excluding hydrogens is 248 g/mol. The minimum absolute atomic E-state index is 0.357. The van der Waals surface area contributed by atoms with Gasteiger partial charge in [0.05, 0.1) is 13.4 Å². The molecule has 1 atom stereocenters. The molecular formula is C12H16N4O3. The molecule has 7 nitrogen and oxygen atoms in total. The number of methoxy groups -OCH3 is 1. The fourth-order valence-electron chi connectivity index (χ4n) is 1.72. The predicted octanol–water partition coefficient (Wildman–Crippen LogP) is 1.84. The monoisotopic (exact) mass is 264 g/mol. The largest absolute Gasteiger partial charge is 0.467 e. The van der Waals surface area contributed by atoms with Gasteiger partial charge in [-0.1, -0.05) is 19.8 Å². The van der Waals surface area contributed by atoms with E-state index in [1.54, 1.807) is 12.1 Å². The smallest absolute Gasteiger partial charge is 0.332 e. The van der Waals surface area contributed by atoms with Gasteiger partial charge in [-0.2, -0.15) is 0 Å². The highest BCUT2D eigenvalue weighted by Crippen LogP contribution is 2.18. The Hall–Kier alpha value is -2.18. The summed E-state index contributed by atoms with van der Waals surface area (Å²) >= 11 is 0. The van der Waals surface area contributed by atoms with E-state index in [1.807, 2.05) is 0 Å². The van der Waals surface area contributed by atoms with E-state index in [2.05, 4.69) is 22.3 Å². The van der Waals surface area contributed by atoms with Crippen LogP contribution in [-0.4, -0.2) is 33.3 Å². The van der Waals surface area contributed by atoms with E-state index in [0.29, 0.717) is 18.0 Å². The molecule has 0 amide bonds. The van der Waals surface area contributed by atoms with Crippen LogP contribution in [0.4, 0.5) is 0 Å². The number of tetrazole rings is 1. The standard InChI is InChI=1S/C12H16N4O3/c1-3-4-6-9(12(17)18-2)16-14-11(13-15-16)10-7-5-8-19-10/h5,7-9H,3-4,6H2,1-2H3. The van der Waals surface area contributed by atoms with E-state index in [0.717, 1.165) is 12.8 Å². The van der Waals surface area contributed by atoms with Crippen LogP contribution < -0.4 is 0 Å². The van der Waals surface area contributed by atoms with Crippen molar-refractivity contribution in [2.45, 2.75) is 32.2 Å². The van der Waals surface area contributed by atoms with Gasteiger partial charge in [-0.25, -0.2) is 4.79 Å². The van der Waals surface area contributed by atoms with Gasteiger partial charge in [0.25, 0.3) is 0 Å². The number of aromatic nitrogens is 4. The molecule has 0 fully saturated rings. The summed E-state index contributed by atoms with van der Waals surface area (Å²) in [6.45, 7) is 2.05. The average molecular weight is 264 g/mol. The lowest BCUT2D eigenvalue weighted by molar-refractivity contribution is -0.145. The van der Waals surface area contributed by atoms with E-state index >= 15 is 0 Å². The maximum absolute atomic E-state index is 11.7. The molecule has 7 heteroatoms. The van der Waals surface area contributed by atoms with E-state index < -0.39 is 6.04 Å². The maximum Gasteiger partial charge on any atom is 0.332 e. The van der Waals surface area contributed by atoms with Crippen LogP contribution in [-0.2, 0) is 9.53 Å². The van der Waals surface area contributed by atoms with E-state index in [-0.39, 0.29) is 5.97 Å². The second-order valence-corrected chi connectivity index (χ2v) is 4.09. The van der Waals surface area contributed by atoms with Crippen LogP contribution in [0.2, 0.25) is 0 Å². The summed E-state index contributed by atoms with van der Waals surface area (Å²) in [5.41, 5.74) is 0. The number of carbonyl (C=O) groups is 1. The van der Waals surface area contributed by atoms with E-state index in [4.69, 9.17) is 9.15 Å². The van der Waals surface area contributed by atoms with Crippen LogP contribution in [0.15, 0.2) is 22.8 Å². The van der Waals surface area contributed by atoms with Crippen molar-refractivity contribution < 1.29 is 13.9 Å². The van der Waals surface area contributed by atoms with Crippen LogP contribution >= 0.6 is 0 Å². The molecule has 2 heterocycles. The molecule has 0 saturated heterocycles. The number of esters is 1. The fraction of sp³-hybridized carbons (Fsp3) is 0.500. The average Bonchev–Trinajstić information content (AvgIpc) is 3.09. The predicted molar refractivity (Wildman–Crippen MR) is 66.1 cm³/mol. The van der Waals surface area contributed by atoms with Gasteiger partial charge in [-0.05, 0) is 23.8 Å². The molecule has 0 N–H and O–H groups in total. The Bertz CT molecular complexity index is 521. The quantitative estimate of drug-likeness (QED) is 0.740. The zero-order valence-electron chi connectivity index (χ0n) is 10.9. The van der Waals surface area contributed by atoms with Gasteiger partial charge in [0, 0.05) is 0 Å². The Morgan fingerprint density at radius 3 is 3.05 bits per heavy atom. The lowest BCUT2D eigenvalue weighted by Gasteiger charge is -2.11. The number of unbranched alkanes of at least 4 members (excludes halogenated alkanes) is 1. The van der Waals surface area contributed by atoms with Crippen LogP contribution in [0.5, 0.6) is 0 Å². The van der Waals surface area contributed by atoms with Crippen molar-refractivity contribution in [2.24, 2.45) is 0 Å². The molecule has 0 spiro atoms.